The van der Waals surface area contributed by atoms with Gasteiger partial charge in [0.2, 0.25) is 0 Å². The van der Waals surface area contributed by atoms with E-state index >= 15 is 0 Å². The van der Waals surface area contributed by atoms with Crippen LogP contribution in [0.5, 0.6) is 0 Å². The molecule has 0 aromatic carbocycles. The molecule has 0 aliphatic heterocycles. The average molecular weight is 211 g/mol. The Morgan fingerprint density at radius 1 is 1.33 bits per heavy atom. The SMILES string of the molecule is CCCN(CCO)Cc1cc(C)oc1C. The van der Waals surface area contributed by atoms with E-state index in [0.29, 0.717) is 0 Å². The molecular formula is C12H21NO2. The normalized spacial score (nSPS) is 11.3. The summed E-state index contributed by atoms with van der Waals surface area (Å²) in [6, 6.07) is 2.08. The third kappa shape index (κ3) is 3.68. The van der Waals surface area contributed by atoms with Crippen molar-refractivity contribution < 1.29 is 9.52 Å². The van der Waals surface area contributed by atoms with Gasteiger partial charge in [0, 0.05) is 18.7 Å². The molecule has 0 aliphatic carbocycles. The smallest absolute Gasteiger partial charge is 0.105 e. The molecular weight excluding hydrogens is 190 g/mol. The molecule has 0 saturated carbocycles. The Morgan fingerprint density at radius 3 is 2.53 bits per heavy atom. The van der Waals surface area contributed by atoms with E-state index in [1.165, 1.54) is 5.56 Å². The summed E-state index contributed by atoms with van der Waals surface area (Å²) in [5.74, 6) is 1.95. The van der Waals surface area contributed by atoms with Crippen LogP contribution in [0.4, 0.5) is 0 Å². The van der Waals surface area contributed by atoms with Crippen molar-refractivity contribution in [2.24, 2.45) is 0 Å². The number of rotatable bonds is 6. The van der Waals surface area contributed by atoms with Crippen molar-refractivity contribution in [3.63, 3.8) is 0 Å². The summed E-state index contributed by atoms with van der Waals surface area (Å²) in [5.41, 5.74) is 1.23. The van der Waals surface area contributed by atoms with Crippen LogP contribution in [0.3, 0.4) is 0 Å². The number of nitrogens with zero attached hydrogens (tertiary/aromatic N) is 1. The van der Waals surface area contributed by atoms with Gasteiger partial charge in [0.05, 0.1) is 6.61 Å². The van der Waals surface area contributed by atoms with Crippen molar-refractivity contribution in [3.8, 4) is 0 Å². The van der Waals surface area contributed by atoms with E-state index in [0.717, 1.165) is 37.6 Å². The van der Waals surface area contributed by atoms with Crippen molar-refractivity contribution in [2.45, 2.75) is 33.7 Å². The van der Waals surface area contributed by atoms with E-state index in [9.17, 15) is 0 Å². The second kappa shape index (κ2) is 5.93. The Kier molecular flexibility index (Phi) is 4.85. The van der Waals surface area contributed by atoms with Gasteiger partial charge in [-0.15, -0.1) is 0 Å². The first kappa shape index (κ1) is 12.3. The third-order valence-electron chi connectivity index (χ3n) is 2.49. The summed E-state index contributed by atoms with van der Waals surface area (Å²) in [6.07, 6.45) is 1.11. The highest BCUT2D eigenvalue weighted by atomic mass is 16.3. The molecule has 1 N–H and O–H groups in total. The Morgan fingerprint density at radius 2 is 2.07 bits per heavy atom. The number of aliphatic hydroxyl groups is 1. The molecule has 0 bridgehead atoms. The molecule has 0 amide bonds. The summed E-state index contributed by atoms with van der Waals surface area (Å²) < 4.78 is 5.48. The van der Waals surface area contributed by atoms with E-state index < -0.39 is 0 Å². The molecule has 0 radical (unpaired) electrons. The monoisotopic (exact) mass is 211 g/mol. The van der Waals surface area contributed by atoms with Gasteiger partial charge in [0.25, 0.3) is 0 Å². The lowest BCUT2D eigenvalue weighted by Crippen LogP contribution is -2.27. The second-order valence-electron chi connectivity index (χ2n) is 3.94. The molecule has 15 heavy (non-hydrogen) atoms. The average Bonchev–Trinajstić information content (AvgIpc) is 2.46. The van der Waals surface area contributed by atoms with Crippen molar-refractivity contribution in [2.75, 3.05) is 19.7 Å². The highest BCUT2D eigenvalue weighted by Crippen LogP contribution is 2.15. The van der Waals surface area contributed by atoms with Gasteiger partial charge in [-0.05, 0) is 32.9 Å². The first-order chi connectivity index (χ1) is 7.17. The van der Waals surface area contributed by atoms with Crippen molar-refractivity contribution in [1.29, 1.82) is 0 Å². The molecule has 0 saturated heterocycles. The highest BCUT2D eigenvalue weighted by molar-refractivity contribution is 5.19. The first-order valence-corrected chi connectivity index (χ1v) is 5.56. The van der Waals surface area contributed by atoms with E-state index in [4.69, 9.17) is 9.52 Å². The fourth-order valence-electron chi connectivity index (χ4n) is 1.81. The number of aryl methyl sites for hydroxylation is 2. The minimum Gasteiger partial charge on any atom is -0.466 e. The maximum Gasteiger partial charge on any atom is 0.105 e. The lowest BCUT2D eigenvalue weighted by Gasteiger charge is -2.19. The molecule has 3 nitrogen and oxygen atoms in total. The van der Waals surface area contributed by atoms with E-state index in [1.807, 2.05) is 13.8 Å². The number of aliphatic hydroxyl groups excluding tert-OH is 1. The number of furan rings is 1. The molecule has 1 aromatic rings. The van der Waals surface area contributed by atoms with Gasteiger partial charge in [0.1, 0.15) is 11.5 Å². The Bertz CT molecular complexity index is 288. The van der Waals surface area contributed by atoms with Gasteiger partial charge >= 0.3 is 0 Å². The zero-order chi connectivity index (χ0) is 11.3. The molecule has 3 heteroatoms. The highest BCUT2D eigenvalue weighted by Gasteiger charge is 2.09. The molecule has 0 aliphatic rings. The molecule has 0 spiro atoms. The fraction of sp³-hybridized carbons (Fsp3) is 0.667. The van der Waals surface area contributed by atoms with Crippen LogP contribution in [-0.2, 0) is 6.54 Å². The molecule has 1 heterocycles. The number of hydrogen-bond acceptors (Lipinski definition) is 3. The van der Waals surface area contributed by atoms with Crippen molar-refractivity contribution >= 4 is 0 Å². The van der Waals surface area contributed by atoms with Crippen LogP contribution in [0.1, 0.15) is 30.4 Å². The standard InChI is InChI=1S/C12H21NO2/c1-4-5-13(6-7-14)9-12-8-10(2)15-11(12)3/h8,14H,4-7,9H2,1-3H3. The predicted octanol–water partition coefficient (Wildman–Crippen LogP) is 2.10. The lowest BCUT2D eigenvalue weighted by molar-refractivity contribution is 0.189. The Hall–Kier alpha value is -0.800. The number of hydrogen-bond donors (Lipinski definition) is 1. The summed E-state index contributed by atoms with van der Waals surface area (Å²) in [7, 11) is 0. The van der Waals surface area contributed by atoms with Gasteiger partial charge in [-0.2, -0.15) is 0 Å². The zero-order valence-electron chi connectivity index (χ0n) is 9.92. The summed E-state index contributed by atoms with van der Waals surface area (Å²) >= 11 is 0. The second-order valence-corrected chi connectivity index (χ2v) is 3.94. The molecule has 0 atom stereocenters. The van der Waals surface area contributed by atoms with Gasteiger partial charge < -0.3 is 9.52 Å². The maximum atomic E-state index is 8.95. The van der Waals surface area contributed by atoms with Crippen LogP contribution in [0, 0.1) is 13.8 Å². The van der Waals surface area contributed by atoms with Crippen LogP contribution >= 0.6 is 0 Å². The van der Waals surface area contributed by atoms with Crippen LogP contribution < -0.4 is 0 Å². The van der Waals surface area contributed by atoms with Crippen LogP contribution in [0.2, 0.25) is 0 Å². The largest absolute Gasteiger partial charge is 0.466 e. The maximum absolute atomic E-state index is 8.95. The molecule has 0 fully saturated rings. The Balaban J connectivity index is 2.60. The lowest BCUT2D eigenvalue weighted by atomic mass is 10.2. The molecule has 86 valence electrons. The third-order valence-corrected chi connectivity index (χ3v) is 2.49. The van der Waals surface area contributed by atoms with Crippen LogP contribution in [-0.4, -0.2) is 29.7 Å². The topological polar surface area (TPSA) is 36.6 Å². The van der Waals surface area contributed by atoms with Crippen LogP contribution in [0.25, 0.3) is 0 Å². The van der Waals surface area contributed by atoms with Gasteiger partial charge in [-0.25, -0.2) is 0 Å². The van der Waals surface area contributed by atoms with Gasteiger partial charge in [-0.3, -0.25) is 4.90 Å². The fourth-order valence-corrected chi connectivity index (χ4v) is 1.81. The summed E-state index contributed by atoms with van der Waals surface area (Å²) in [6.45, 7) is 8.95. The summed E-state index contributed by atoms with van der Waals surface area (Å²) in [5, 5.41) is 8.95. The molecule has 0 unspecified atom stereocenters. The quantitative estimate of drug-likeness (QED) is 0.783. The summed E-state index contributed by atoms with van der Waals surface area (Å²) in [4.78, 5) is 2.25. The van der Waals surface area contributed by atoms with E-state index in [1.54, 1.807) is 0 Å². The molecule has 1 aromatic heterocycles. The molecule has 1 rings (SSSR count). The van der Waals surface area contributed by atoms with E-state index in [2.05, 4.69) is 17.9 Å². The van der Waals surface area contributed by atoms with Crippen molar-refractivity contribution in [1.82, 2.24) is 4.90 Å². The van der Waals surface area contributed by atoms with Gasteiger partial charge in [-0.1, -0.05) is 6.92 Å². The predicted molar refractivity (Wildman–Crippen MR) is 60.8 cm³/mol. The van der Waals surface area contributed by atoms with Gasteiger partial charge in [0.15, 0.2) is 0 Å². The zero-order valence-corrected chi connectivity index (χ0v) is 9.92. The van der Waals surface area contributed by atoms with E-state index in [-0.39, 0.29) is 6.61 Å². The Labute approximate surface area is 91.7 Å². The minimum atomic E-state index is 0.218. The van der Waals surface area contributed by atoms with Crippen LogP contribution in [0.15, 0.2) is 10.5 Å². The minimum absolute atomic E-state index is 0.218. The first-order valence-electron chi connectivity index (χ1n) is 5.56. The van der Waals surface area contributed by atoms with Crippen molar-refractivity contribution in [3.05, 3.63) is 23.2 Å².